The predicted molar refractivity (Wildman–Crippen MR) is 90.4 cm³/mol. The summed E-state index contributed by atoms with van der Waals surface area (Å²) in [4.78, 5) is 25.3. The molecule has 0 aliphatic carbocycles. The number of nitrogens with zero attached hydrogens (tertiary/aromatic N) is 1. The Labute approximate surface area is 138 Å². The van der Waals surface area contributed by atoms with Gasteiger partial charge in [-0.25, -0.2) is 0 Å². The number of thioether (sulfide) groups is 2. The van der Waals surface area contributed by atoms with Crippen molar-refractivity contribution >= 4 is 35.4 Å². The van der Waals surface area contributed by atoms with Crippen molar-refractivity contribution < 1.29 is 14.7 Å². The number of aliphatic carboxylic acids is 1. The molecular formula is C16H19NO3S2. The average molecular weight is 337 g/mol. The Bertz CT molecular complexity index is 555. The van der Waals surface area contributed by atoms with Gasteiger partial charge in [-0.05, 0) is 30.5 Å². The highest BCUT2D eigenvalue weighted by atomic mass is 32.2. The van der Waals surface area contributed by atoms with Crippen LogP contribution in [0, 0.1) is 5.92 Å². The maximum Gasteiger partial charge on any atom is 0.308 e. The molecule has 2 aliphatic rings. The van der Waals surface area contributed by atoms with E-state index in [-0.39, 0.29) is 5.91 Å². The van der Waals surface area contributed by atoms with Crippen molar-refractivity contribution in [1.82, 2.24) is 4.90 Å². The number of carbonyl (C=O) groups is 2. The third kappa shape index (κ3) is 3.43. The summed E-state index contributed by atoms with van der Waals surface area (Å²) in [6, 6.07) is 7.81. The molecule has 2 fully saturated rings. The van der Waals surface area contributed by atoms with Gasteiger partial charge in [-0.2, -0.15) is 0 Å². The lowest BCUT2D eigenvalue weighted by molar-refractivity contribution is -0.143. The fourth-order valence-corrected chi connectivity index (χ4v) is 5.74. The molecule has 0 spiro atoms. The number of hydrogen-bond donors (Lipinski definition) is 1. The van der Waals surface area contributed by atoms with E-state index in [1.807, 2.05) is 47.8 Å². The molecule has 2 saturated heterocycles. The first-order valence-electron chi connectivity index (χ1n) is 7.50. The zero-order valence-corrected chi connectivity index (χ0v) is 13.9. The van der Waals surface area contributed by atoms with Crippen molar-refractivity contribution in [2.24, 2.45) is 5.92 Å². The number of likely N-dealkylation sites (tertiary alicyclic amines) is 1. The Morgan fingerprint density at radius 1 is 1.14 bits per heavy atom. The number of amides is 1. The average Bonchev–Trinajstić information content (AvgIpc) is 3.09. The molecule has 2 aliphatic heterocycles. The van der Waals surface area contributed by atoms with Crippen molar-refractivity contribution in [3.05, 3.63) is 35.4 Å². The smallest absolute Gasteiger partial charge is 0.308 e. The van der Waals surface area contributed by atoms with E-state index in [0.29, 0.717) is 29.7 Å². The molecule has 1 aromatic carbocycles. The van der Waals surface area contributed by atoms with Gasteiger partial charge in [0.1, 0.15) is 0 Å². The van der Waals surface area contributed by atoms with Gasteiger partial charge in [-0.15, -0.1) is 23.5 Å². The maximum atomic E-state index is 12.5. The van der Waals surface area contributed by atoms with Crippen molar-refractivity contribution in [2.45, 2.75) is 17.4 Å². The third-order valence-electron chi connectivity index (χ3n) is 4.11. The van der Waals surface area contributed by atoms with Crippen molar-refractivity contribution in [1.29, 1.82) is 0 Å². The van der Waals surface area contributed by atoms with E-state index in [4.69, 9.17) is 5.11 Å². The van der Waals surface area contributed by atoms with E-state index in [2.05, 4.69) is 0 Å². The van der Waals surface area contributed by atoms with Crippen LogP contribution in [0.4, 0.5) is 0 Å². The first-order chi connectivity index (χ1) is 10.6. The molecule has 1 aromatic rings. The molecule has 0 radical (unpaired) electrons. The normalized spacial score (nSPS) is 22.7. The van der Waals surface area contributed by atoms with Crippen LogP contribution in [-0.4, -0.2) is 46.5 Å². The molecule has 6 heteroatoms. The van der Waals surface area contributed by atoms with Gasteiger partial charge in [0.2, 0.25) is 0 Å². The van der Waals surface area contributed by atoms with Crippen molar-refractivity contribution in [3.63, 3.8) is 0 Å². The summed E-state index contributed by atoms with van der Waals surface area (Å²) in [5.41, 5.74) is 1.91. The summed E-state index contributed by atoms with van der Waals surface area (Å²) in [7, 11) is 0. The van der Waals surface area contributed by atoms with Gasteiger partial charge in [0, 0.05) is 30.2 Å². The van der Waals surface area contributed by atoms with Crippen LogP contribution < -0.4 is 0 Å². The molecule has 0 aromatic heterocycles. The van der Waals surface area contributed by atoms with Gasteiger partial charge in [0.25, 0.3) is 5.91 Å². The largest absolute Gasteiger partial charge is 0.481 e. The summed E-state index contributed by atoms with van der Waals surface area (Å²) >= 11 is 3.89. The molecule has 0 bridgehead atoms. The van der Waals surface area contributed by atoms with Crippen LogP contribution in [0.2, 0.25) is 0 Å². The minimum Gasteiger partial charge on any atom is -0.481 e. The Kier molecular flexibility index (Phi) is 4.98. The lowest BCUT2D eigenvalue weighted by atomic mass is 9.97. The van der Waals surface area contributed by atoms with Crippen molar-refractivity contribution in [2.75, 3.05) is 24.6 Å². The molecule has 2 heterocycles. The Hall–Kier alpha value is -1.14. The highest BCUT2D eigenvalue weighted by molar-refractivity contribution is 8.19. The van der Waals surface area contributed by atoms with Crippen LogP contribution in [0.5, 0.6) is 0 Å². The number of carboxylic acids is 1. The fraction of sp³-hybridized carbons (Fsp3) is 0.500. The van der Waals surface area contributed by atoms with Crippen LogP contribution in [-0.2, 0) is 4.79 Å². The molecule has 0 unspecified atom stereocenters. The number of carbonyl (C=O) groups excluding carboxylic acids is 1. The first kappa shape index (κ1) is 15.7. The van der Waals surface area contributed by atoms with Gasteiger partial charge < -0.3 is 10.0 Å². The second-order valence-corrected chi connectivity index (χ2v) is 8.35. The van der Waals surface area contributed by atoms with Gasteiger partial charge in [-0.1, -0.05) is 12.1 Å². The number of hydrogen-bond acceptors (Lipinski definition) is 4. The van der Waals surface area contributed by atoms with Crippen LogP contribution in [0.25, 0.3) is 0 Å². The molecule has 0 saturated carbocycles. The number of piperidine rings is 1. The second kappa shape index (κ2) is 6.96. The Morgan fingerprint density at radius 3 is 2.45 bits per heavy atom. The third-order valence-corrected chi connectivity index (χ3v) is 7.21. The molecule has 4 nitrogen and oxygen atoms in total. The second-order valence-electron chi connectivity index (χ2n) is 5.62. The highest BCUT2D eigenvalue weighted by Gasteiger charge is 2.28. The lowest BCUT2D eigenvalue weighted by Gasteiger charge is -2.30. The van der Waals surface area contributed by atoms with Gasteiger partial charge in [0.15, 0.2) is 0 Å². The van der Waals surface area contributed by atoms with Gasteiger partial charge in [-0.3, -0.25) is 9.59 Å². The monoisotopic (exact) mass is 337 g/mol. The summed E-state index contributed by atoms with van der Waals surface area (Å²) < 4.78 is 0.482. The van der Waals surface area contributed by atoms with E-state index >= 15 is 0 Å². The highest BCUT2D eigenvalue weighted by Crippen LogP contribution is 2.45. The van der Waals surface area contributed by atoms with E-state index < -0.39 is 11.9 Å². The van der Waals surface area contributed by atoms with Crippen LogP contribution in [0.3, 0.4) is 0 Å². The maximum absolute atomic E-state index is 12.5. The first-order valence-corrected chi connectivity index (χ1v) is 9.60. The van der Waals surface area contributed by atoms with Crippen LogP contribution >= 0.6 is 23.5 Å². The summed E-state index contributed by atoms with van der Waals surface area (Å²) in [5.74, 6) is 1.08. The van der Waals surface area contributed by atoms with E-state index in [9.17, 15) is 9.59 Å². The summed E-state index contributed by atoms with van der Waals surface area (Å²) in [6.07, 6.45) is 1.42. The number of carboxylic acid groups (broad SMARTS) is 1. The van der Waals surface area contributed by atoms with E-state index in [1.165, 1.54) is 17.1 Å². The predicted octanol–water partition coefficient (Wildman–Crippen LogP) is 3.10. The Morgan fingerprint density at radius 2 is 1.82 bits per heavy atom. The summed E-state index contributed by atoms with van der Waals surface area (Å²) in [5, 5.41) is 9.12. The number of rotatable bonds is 3. The van der Waals surface area contributed by atoms with E-state index in [1.54, 1.807) is 4.90 Å². The van der Waals surface area contributed by atoms with E-state index in [0.717, 1.165) is 6.42 Å². The molecular weight excluding hydrogens is 318 g/mol. The quantitative estimate of drug-likeness (QED) is 0.918. The zero-order chi connectivity index (χ0) is 15.5. The fourth-order valence-electron chi connectivity index (χ4n) is 2.88. The minimum atomic E-state index is -0.803. The van der Waals surface area contributed by atoms with Crippen molar-refractivity contribution in [3.8, 4) is 0 Å². The molecule has 1 amide bonds. The standard InChI is InChI=1S/C16H19NO3S2/c18-14(17-7-1-2-13(10-17)15(19)20)11-3-5-12(6-4-11)16-21-8-9-22-16/h3-6,13,16H,1-2,7-10H2,(H,19,20)/t13-/m0/s1. The minimum absolute atomic E-state index is 0.0516. The van der Waals surface area contributed by atoms with Gasteiger partial charge >= 0.3 is 5.97 Å². The van der Waals surface area contributed by atoms with Crippen LogP contribution in [0.1, 0.15) is 33.3 Å². The summed E-state index contributed by atoms with van der Waals surface area (Å²) in [6.45, 7) is 0.975. The topological polar surface area (TPSA) is 57.6 Å². The molecule has 1 atom stereocenters. The Balaban J connectivity index is 1.67. The number of benzene rings is 1. The molecule has 22 heavy (non-hydrogen) atoms. The van der Waals surface area contributed by atoms with Crippen LogP contribution in [0.15, 0.2) is 24.3 Å². The zero-order valence-electron chi connectivity index (χ0n) is 12.2. The van der Waals surface area contributed by atoms with Gasteiger partial charge in [0.05, 0.1) is 10.5 Å². The lowest BCUT2D eigenvalue weighted by Crippen LogP contribution is -2.42. The molecule has 1 N–H and O–H groups in total. The SMILES string of the molecule is O=C(O)[C@H]1CCCN(C(=O)c2ccc(C3SCCS3)cc2)C1. The molecule has 118 valence electrons. The molecule has 3 rings (SSSR count).